The van der Waals surface area contributed by atoms with Gasteiger partial charge in [-0.15, -0.1) is 0 Å². The molecule has 0 aromatic carbocycles. The molecule has 1 aromatic rings. The van der Waals surface area contributed by atoms with Crippen LogP contribution in [0.4, 0.5) is 0 Å². The minimum Gasteiger partial charge on any atom is -0.478 e. The minimum atomic E-state index is -1.51. The summed E-state index contributed by atoms with van der Waals surface area (Å²) >= 11 is 0. The Labute approximate surface area is 109 Å². The van der Waals surface area contributed by atoms with Crippen molar-refractivity contribution in [1.29, 1.82) is 0 Å². The van der Waals surface area contributed by atoms with Crippen molar-refractivity contribution in [2.45, 2.75) is 26.4 Å². The molecule has 6 nitrogen and oxygen atoms in total. The molecule has 6 heteroatoms. The number of hydrogen-bond donors (Lipinski definition) is 1. The van der Waals surface area contributed by atoms with E-state index in [2.05, 4.69) is 0 Å². The Hall–Kier alpha value is -2.37. The number of aliphatic carboxylic acids is 1. The molecule has 1 rings (SSSR count). The van der Waals surface area contributed by atoms with Crippen LogP contribution in [0.5, 0.6) is 0 Å². The van der Waals surface area contributed by atoms with E-state index in [1.54, 1.807) is 13.8 Å². The van der Waals surface area contributed by atoms with Gasteiger partial charge in [0.2, 0.25) is 0 Å². The Morgan fingerprint density at radius 1 is 1.47 bits per heavy atom. The smallest absolute Gasteiger partial charge is 0.380 e. The normalized spacial score (nSPS) is 12.8. The quantitative estimate of drug-likeness (QED) is 0.277. The molecule has 1 N–H and O–H groups in total. The van der Waals surface area contributed by atoms with Crippen LogP contribution < -0.4 is 0 Å². The van der Waals surface area contributed by atoms with Crippen molar-refractivity contribution in [3.05, 3.63) is 29.7 Å². The largest absolute Gasteiger partial charge is 0.478 e. The zero-order chi connectivity index (χ0) is 14.4. The van der Waals surface area contributed by atoms with Gasteiger partial charge in [-0.05, 0) is 31.6 Å². The highest BCUT2D eigenvalue weighted by atomic mass is 16.5. The first-order valence-electron chi connectivity index (χ1n) is 5.69. The summed E-state index contributed by atoms with van der Waals surface area (Å²) < 4.78 is 9.69. The molecule has 0 radical (unpaired) electrons. The van der Waals surface area contributed by atoms with Gasteiger partial charge in [-0.1, -0.05) is 6.92 Å². The Bertz CT molecular complexity index is 497. The second-order valence-electron chi connectivity index (χ2n) is 3.83. The lowest BCUT2D eigenvalue weighted by atomic mass is 10.1. The Kier molecular flexibility index (Phi) is 5.05. The topological polar surface area (TPSA) is 93.8 Å². The molecule has 0 spiro atoms. The molecule has 0 aliphatic heterocycles. The van der Waals surface area contributed by atoms with Crippen LogP contribution in [-0.4, -0.2) is 28.9 Å². The fraction of sp³-hybridized carbons (Fsp3) is 0.308. The van der Waals surface area contributed by atoms with Crippen molar-refractivity contribution in [2.75, 3.05) is 0 Å². The lowest BCUT2D eigenvalue weighted by Gasteiger charge is -2.09. The molecule has 102 valence electrons. The second-order valence-corrected chi connectivity index (χ2v) is 3.83. The van der Waals surface area contributed by atoms with Crippen LogP contribution in [0.1, 0.15) is 26.0 Å². The van der Waals surface area contributed by atoms with Crippen molar-refractivity contribution < 1.29 is 28.6 Å². The third-order valence-corrected chi connectivity index (χ3v) is 2.37. The first-order chi connectivity index (χ1) is 8.95. The first kappa shape index (κ1) is 14.7. The molecular weight excluding hydrogens is 252 g/mol. The molecule has 1 heterocycles. The van der Waals surface area contributed by atoms with Crippen LogP contribution in [0.3, 0.4) is 0 Å². The van der Waals surface area contributed by atoms with Crippen molar-refractivity contribution in [3.8, 4) is 0 Å². The summed E-state index contributed by atoms with van der Waals surface area (Å²) in [7, 11) is 0. The first-order valence-corrected chi connectivity index (χ1v) is 5.69. The molecule has 1 atom stereocenters. The third-order valence-electron chi connectivity index (χ3n) is 2.37. The number of carboxylic acids is 1. The SMILES string of the molecule is CCC(C)OC(=O)C(=O)C(=Cc1ccco1)C(=O)O. The number of furan rings is 1. The molecule has 1 unspecified atom stereocenters. The highest BCUT2D eigenvalue weighted by Crippen LogP contribution is 2.10. The maximum Gasteiger partial charge on any atom is 0.380 e. The number of carbonyl (C=O) groups is 3. The van der Waals surface area contributed by atoms with Gasteiger partial charge in [0.1, 0.15) is 11.3 Å². The van der Waals surface area contributed by atoms with E-state index < -0.39 is 29.4 Å². The van der Waals surface area contributed by atoms with Gasteiger partial charge in [-0.25, -0.2) is 9.59 Å². The van der Waals surface area contributed by atoms with E-state index in [0.717, 1.165) is 6.08 Å². The fourth-order valence-corrected chi connectivity index (χ4v) is 1.17. The molecule has 0 amide bonds. The monoisotopic (exact) mass is 266 g/mol. The molecule has 0 bridgehead atoms. The molecule has 0 aliphatic carbocycles. The number of ether oxygens (including phenoxy) is 1. The van der Waals surface area contributed by atoms with Gasteiger partial charge in [0.25, 0.3) is 5.78 Å². The summed E-state index contributed by atoms with van der Waals surface area (Å²) in [6.07, 6.45) is 2.40. The predicted molar refractivity (Wildman–Crippen MR) is 65.2 cm³/mol. The Morgan fingerprint density at radius 3 is 2.63 bits per heavy atom. The van der Waals surface area contributed by atoms with E-state index >= 15 is 0 Å². The lowest BCUT2D eigenvalue weighted by Crippen LogP contribution is -2.26. The molecule has 19 heavy (non-hydrogen) atoms. The maximum absolute atomic E-state index is 11.7. The van der Waals surface area contributed by atoms with Crippen LogP contribution in [0.25, 0.3) is 6.08 Å². The van der Waals surface area contributed by atoms with Crippen molar-refractivity contribution in [2.24, 2.45) is 0 Å². The second kappa shape index (κ2) is 6.53. The molecule has 0 saturated heterocycles. The van der Waals surface area contributed by atoms with Gasteiger partial charge in [-0.2, -0.15) is 0 Å². The highest BCUT2D eigenvalue weighted by Gasteiger charge is 2.27. The zero-order valence-electron chi connectivity index (χ0n) is 10.6. The number of rotatable bonds is 6. The van der Waals surface area contributed by atoms with Crippen LogP contribution in [0.2, 0.25) is 0 Å². The average Bonchev–Trinajstić information content (AvgIpc) is 2.87. The fourth-order valence-electron chi connectivity index (χ4n) is 1.17. The third kappa shape index (κ3) is 4.09. The van der Waals surface area contributed by atoms with E-state index in [4.69, 9.17) is 14.3 Å². The molecule has 0 saturated carbocycles. The number of carbonyl (C=O) groups excluding carboxylic acids is 2. The lowest BCUT2D eigenvalue weighted by molar-refractivity contribution is -0.156. The van der Waals surface area contributed by atoms with Crippen LogP contribution >= 0.6 is 0 Å². The summed E-state index contributed by atoms with van der Waals surface area (Å²) in [5.74, 6) is -3.73. The van der Waals surface area contributed by atoms with Crippen molar-refractivity contribution in [3.63, 3.8) is 0 Å². The standard InChI is InChI=1S/C13H14O6/c1-3-8(2)19-13(17)11(14)10(12(15)16)7-9-5-4-6-18-9/h4-8H,3H2,1-2H3,(H,15,16). The molecular formula is C13H14O6. The number of carboxylic acid groups (broad SMARTS) is 1. The minimum absolute atomic E-state index is 0.169. The van der Waals surface area contributed by atoms with Crippen LogP contribution in [0, 0.1) is 0 Å². The Morgan fingerprint density at radius 2 is 2.16 bits per heavy atom. The van der Waals surface area contributed by atoms with E-state index in [1.807, 2.05) is 0 Å². The summed E-state index contributed by atoms with van der Waals surface area (Å²) in [4.78, 5) is 34.2. The average molecular weight is 266 g/mol. The van der Waals surface area contributed by atoms with Crippen LogP contribution in [-0.2, 0) is 19.1 Å². The molecule has 0 fully saturated rings. The van der Waals surface area contributed by atoms with Gasteiger partial charge in [-0.3, -0.25) is 4.79 Å². The van der Waals surface area contributed by atoms with Crippen LogP contribution in [0.15, 0.2) is 28.4 Å². The summed E-state index contributed by atoms with van der Waals surface area (Å²) in [5, 5.41) is 8.94. The van der Waals surface area contributed by atoms with Crippen molar-refractivity contribution in [1.82, 2.24) is 0 Å². The number of hydrogen-bond acceptors (Lipinski definition) is 5. The predicted octanol–water partition coefficient (Wildman–Crippen LogP) is 1.66. The highest BCUT2D eigenvalue weighted by molar-refractivity contribution is 6.47. The summed E-state index contributed by atoms with van der Waals surface area (Å²) in [6.45, 7) is 3.39. The van der Waals surface area contributed by atoms with E-state index in [0.29, 0.717) is 6.42 Å². The number of esters is 1. The number of ketones is 1. The maximum atomic E-state index is 11.7. The molecule has 0 aliphatic rings. The summed E-state index contributed by atoms with van der Waals surface area (Å²) in [6, 6.07) is 3.00. The van der Waals surface area contributed by atoms with Gasteiger partial charge in [0, 0.05) is 0 Å². The van der Waals surface area contributed by atoms with Gasteiger partial charge >= 0.3 is 11.9 Å². The van der Waals surface area contributed by atoms with Gasteiger partial charge in [0.05, 0.1) is 12.4 Å². The van der Waals surface area contributed by atoms with E-state index in [1.165, 1.54) is 18.4 Å². The summed E-state index contributed by atoms with van der Waals surface area (Å²) in [5.41, 5.74) is -0.691. The van der Waals surface area contributed by atoms with Gasteiger partial charge < -0.3 is 14.3 Å². The Balaban J connectivity index is 2.92. The van der Waals surface area contributed by atoms with E-state index in [9.17, 15) is 14.4 Å². The van der Waals surface area contributed by atoms with E-state index in [-0.39, 0.29) is 5.76 Å². The molecule has 1 aromatic heterocycles. The zero-order valence-corrected chi connectivity index (χ0v) is 10.6. The van der Waals surface area contributed by atoms with Crippen molar-refractivity contribution >= 4 is 23.8 Å². The van der Waals surface area contributed by atoms with Gasteiger partial charge in [0.15, 0.2) is 0 Å². The number of Topliss-reactive ketones (excluding diaryl/α,β-unsaturated/α-hetero) is 1.